The van der Waals surface area contributed by atoms with Crippen molar-refractivity contribution >= 4 is 12.1 Å². The summed E-state index contributed by atoms with van der Waals surface area (Å²) in [6.07, 6.45) is 20.2. The van der Waals surface area contributed by atoms with Gasteiger partial charge in [0.25, 0.3) is 0 Å². The van der Waals surface area contributed by atoms with Crippen molar-refractivity contribution in [3.05, 3.63) is 82.5 Å². The number of rotatable bonds is 7. The van der Waals surface area contributed by atoms with Gasteiger partial charge < -0.3 is 0 Å². The van der Waals surface area contributed by atoms with Crippen molar-refractivity contribution in [2.24, 2.45) is 5.41 Å². The van der Waals surface area contributed by atoms with Gasteiger partial charge in [-0.15, -0.1) is 0 Å². The van der Waals surface area contributed by atoms with Crippen molar-refractivity contribution in [1.29, 1.82) is 0 Å². The molecular weight excluding hydrogens is 332 g/mol. The molecule has 0 atom stereocenters. The highest BCUT2D eigenvalue weighted by molar-refractivity contribution is 5.97. The Morgan fingerprint density at radius 1 is 0.889 bits per heavy atom. The SMILES string of the molecule is CC1=C(/C=C/C(C)=C/C=C/C(C)=C/C=C/C=C(\C)C=O)C(C)(C)CCC1=O. The van der Waals surface area contributed by atoms with Crippen LogP contribution in [0.1, 0.15) is 54.4 Å². The average molecular weight is 365 g/mol. The van der Waals surface area contributed by atoms with Crippen LogP contribution in [0.3, 0.4) is 0 Å². The van der Waals surface area contributed by atoms with Crippen molar-refractivity contribution in [2.75, 3.05) is 0 Å². The van der Waals surface area contributed by atoms with Gasteiger partial charge in [-0.2, -0.15) is 0 Å². The van der Waals surface area contributed by atoms with E-state index in [9.17, 15) is 9.59 Å². The van der Waals surface area contributed by atoms with Gasteiger partial charge in [0, 0.05) is 6.42 Å². The number of carbonyl (C=O) groups excluding carboxylic acids is 2. The van der Waals surface area contributed by atoms with Crippen LogP contribution in [-0.2, 0) is 9.59 Å². The van der Waals surface area contributed by atoms with Crippen molar-refractivity contribution in [1.82, 2.24) is 0 Å². The molecule has 0 saturated heterocycles. The molecule has 1 aliphatic carbocycles. The zero-order chi connectivity index (χ0) is 20.4. The minimum atomic E-state index is 0.0485. The van der Waals surface area contributed by atoms with Gasteiger partial charge in [0.2, 0.25) is 0 Å². The van der Waals surface area contributed by atoms with Crippen LogP contribution in [0.4, 0.5) is 0 Å². The molecule has 0 amide bonds. The first-order valence-electron chi connectivity index (χ1n) is 9.42. The second kappa shape index (κ2) is 10.6. The van der Waals surface area contributed by atoms with Crippen molar-refractivity contribution in [2.45, 2.75) is 54.4 Å². The highest BCUT2D eigenvalue weighted by atomic mass is 16.1. The minimum Gasteiger partial charge on any atom is -0.298 e. The predicted octanol–water partition coefficient (Wildman–Crippen LogP) is 6.40. The Kier molecular flexibility index (Phi) is 8.87. The molecule has 1 aliphatic rings. The number of aldehydes is 1. The fraction of sp³-hybridized carbons (Fsp3) is 0.360. The van der Waals surface area contributed by atoms with Crippen LogP contribution < -0.4 is 0 Å². The van der Waals surface area contributed by atoms with Crippen molar-refractivity contribution in [3.8, 4) is 0 Å². The molecule has 0 unspecified atom stereocenters. The van der Waals surface area contributed by atoms with Crippen LogP contribution in [0.15, 0.2) is 82.5 Å². The van der Waals surface area contributed by atoms with E-state index in [0.717, 1.165) is 35.0 Å². The van der Waals surface area contributed by atoms with Crippen molar-refractivity contribution in [3.63, 3.8) is 0 Å². The largest absolute Gasteiger partial charge is 0.298 e. The van der Waals surface area contributed by atoms with E-state index in [2.05, 4.69) is 39.0 Å². The molecule has 0 aromatic carbocycles. The number of allylic oxidation sites excluding steroid dienone is 14. The molecule has 0 N–H and O–H groups in total. The van der Waals surface area contributed by atoms with Crippen LogP contribution in [0.2, 0.25) is 0 Å². The normalized spacial score (nSPS) is 19.8. The quantitative estimate of drug-likeness (QED) is 0.298. The molecule has 0 aromatic heterocycles. The summed E-state index contributed by atoms with van der Waals surface area (Å²) in [6.45, 7) is 12.2. The third-order valence-electron chi connectivity index (χ3n) is 4.77. The number of hydrogen-bond acceptors (Lipinski definition) is 2. The van der Waals surface area contributed by atoms with Gasteiger partial charge in [-0.25, -0.2) is 0 Å². The molecule has 0 aliphatic heterocycles. The van der Waals surface area contributed by atoms with Gasteiger partial charge in [-0.05, 0) is 56.3 Å². The molecule has 27 heavy (non-hydrogen) atoms. The van der Waals surface area contributed by atoms with Gasteiger partial charge in [-0.3, -0.25) is 9.59 Å². The fourth-order valence-electron chi connectivity index (χ4n) is 2.89. The Morgan fingerprint density at radius 2 is 1.44 bits per heavy atom. The summed E-state index contributed by atoms with van der Waals surface area (Å²) >= 11 is 0. The Hall–Kier alpha value is -2.48. The topological polar surface area (TPSA) is 34.1 Å². The number of hydrogen-bond donors (Lipinski definition) is 0. The summed E-state index contributed by atoms with van der Waals surface area (Å²) in [5.74, 6) is 0.266. The molecule has 2 heteroatoms. The van der Waals surface area contributed by atoms with Crippen LogP contribution in [0.5, 0.6) is 0 Å². The smallest absolute Gasteiger partial charge is 0.158 e. The van der Waals surface area contributed by atoms with Crippen molar-refractivity contribution < 1.29 is 9.59 Å². The Bertz CT molecular complexity index is 775. The molecule has 0 fully saturated rings. The maximum absolute atomic E-state index is 12.0. The Labute approximate surface area is 164 Å². The minimum absolute atomic E-state index is 0.0485. The molecule has 144 valence electrons. The first kappa shape index (κ1) is 22.6. The van der Waals surface area contributed by atoms with E-state index in [4.69, 9.17) is 0 Å². The second-order valence-electron chi connectivity index (χ2n) is 7.77. The van der Waals surface area contributed by atoms with Gasteiger partial charge >= 0.3 is 0 Å². The van der Waals surface area contributed by atoms with Crippen LogP contribution in [-0.4, -0.2) is 12.1 Å². The van der Waals surface area contributed by atoms with E-state index < -0.39 is 0 Å². The Balaban J connectivity index is 2.78. The van der Waals surface area contributed by atoms with Gasteiger partial charge in [0.05, 0.1) is 0 Å². The first-order chi connectivity index (χ1) is 12.7. The van der Waals surface area contributed by atoms with E-state index in [-0.39, 0.29) is 11.2 Å². The third kappa shape index (κ3) is 7.74. The predicted molar refractivity (Wildman–Crippen MR) is 115 cm³/mol. The third-order valence-corrected chi connectivity index (χ3v) is 4.77. The maximum Gasteiger partial charge on any atom is 0.158 e. The molecule has 0 saturated carbocycles. The Morgan fingerprint density at radius 3 is 2.07 bits per heavy atom. The number of ketones is 1. The number of Topliss-reactive ketones (excluding diaryl/α,β-unsaturated/α-hetero) is 1. The lowest BCUT2D eigenvalue weighted by atomic mass is 9.72. The van der Waals surface area contributed by atoms with Gasteiger partial charge in [0.1, 0.15) is 6.29 Å². The van der Waals surface area contributed by atoms with E-state index in [0.29, 0.717) is 12.0 Å². The van der Waals surface area contributed by atoms with E-state index in [1.165, 1.54) is 0 Å². The molecule has 1 rings (SSSR count). The zero-order valence-electron chi connectivity index (χ0n) is 17.5. The van der Waals surface area contributed by atoms with E-state index in [1.807, 2.05) is 44.2 Å². The molecular formula is C25H32O2. The number of carbonyl (C=O) groups is 2. The van der Waals surface area contributed by atoms with Crippen LogP contribution >= 0.6 is 0 Å². The van der Waals surface area contributed by atoms with Gasteiger partial charge in [0.15, 0.2) is 5.78 Å². The highest BCUT2D eigenvalue weighted by Gasteiger charge is 2.30. The molecule has 2 nitrogen and oxygen atoms in total. The summed E-state index contributed by atoms with van der Waals surface area (Å²) in [6, 6.07) is 0. The maximum atomic E-state index is 12.0. The fourth-order valence-corrected chi connectivity index (χ4v) is 2.89. The van der Waals surface area contributed by atoms with Crippen LogP contribution in [0.25, 0.3) is 0 Å². The lowest BCUT2D eigenvalue weighted by Gasteiger charge is -2.32. The monoisotopic (exact) mass is 364 g/mol. The molecule has 0 spiro atoms. The molecule has 0 bridgehead atoms. The molecule has 0 heterocycles. The summed E-state index contributed by atoms with van der Waals surface area (Å²) < 4.78 is 0. The molecule has 0 aromatic rings. The summed E-state index contributed by atoms with van der Waals surface area (Å²) in [4.78, 5) is 22.5. The summed E-state index contributed by atoms with van der Waals surface area (Å²) in [7, 11) is 0. The average Bonchev–Trinajstić information content (AvgIpc) is 2.61. The van der Waals surface area contributed by atoms with E-state index in [1.54, 1.807) is 13.0 Å². The molecule has 0 radical (unpaired) electrons. The zero-order valence-corrected chi connectivity index (χ0v) is 17.5. The van der Waals surface area contributed by atoms with E-state index >= 15 is 0 Å². The standard InChI is InChI=1S/C25H32O2/c1-19(10-7-8-11-21(3)18-26)12-9-13-20(2)14-15-23-22(4)24(27)16-17-25(23,5)6/h7-15,18H,16-17H2,1-6H3/b8-7+,12-9+,15-14+,19-10+,20-13+,21-11+. The first-order valence-corrected chi connectivity index (χ1v) is 9.42. The second-order valence-corrected chi connectivity index (χ2v) is 7.77. The summed E-state index contributed by atoms with van der Waals surface area (Å²) in [5.41, 5.74) is 5.05. The summed E-state index contributed by atoms with van der Waals surface area (Å²) in [5, 5.41) is 0. The van der Waals surface area contributed by atoms with Gasteiger partial charge in [-0.1, -0.05) is 79.7 Å². The lowest BCUT2D eigenvalue weighted by Crippen LogP contribution is -2.24. The highest BCUT2D eigenvalue weighted by Crippen LogP contribution is 2.39. The van der Waals surface area contributed by atoms with Crippen LogP contribution in [0, 0.1) is 5.41 Å². The lowest BCUT2D eigenvalue weighted by molar-refractivity contribution is -0.116.